The normalized spacial score (nSPS) is 15.7. The number of anilines is 2. The third-order valence-electron chi connectivity index (χ3n) is 4.19. The average Bonchev–Trinajstić information content (AvgIpc) is 2.95. The Hall–Kier alpha value is -2.54. The van der Waals surface area contributed by atoms with Gasteiger partial charge in [0.05, 0.1) is 24.5 Å². The van der Waals surface area contributed by atoms with Gasteiger partial charge >= 0.3 is 0 Å². The summed E-state index contributed by atoms with van der Waals surface area (Å²) in [5, 5.41) is 2.82. The topological polar surface area (TPSA) is 75.7 Å². The van der Waals surface area contributed by atoms with E-state index in [9.17, 15) is 13.2 Å². The molecule has 6 nitrogen and oxygen atoms in total. The van der Waals surface area contributed by atoms with Crippen LogP contribution in [-0.2, 0) is 14.8 Å². The van der Waals surface area contributed by atoms with Gasteiger partial charge in [0, 0.05) is 12.2 Å². The molecule has 0 aromatic heterocycles. The number of nitrogens with one attached hydrogen (secondary N) is 1. The van der Waals surface area contributed by atoms with Crippen LogP contribution in [0.3, 0.4) is 0 Å². The predicted molar refractivity (Wildman–Crippen MR) is 102 cm³/mol. The summed E-state index contributed by atoms with van der Waals surface area (Å²) < 4.78 is 31.1. The van der Waals surface area contributed by atoms with Crippen molar-refractivity contribution in [3.63, 3.8) is 0 Å². The second kappa shape index (κ2) is 7.78. The number of hydrogen-bond donors (Lipinski definition) is 1. The molecule has 1 heterocycles. The van der Waals surface area contributed by atoms with E-state index >= 15 is 0 Å². The molecule has 2 aromatic carbocycles. The van der Waals surface area contributed by atoms with Crippen molar-refractivity contribution >= 4 is 27.3 Å². The fourth-order valence-corrected chi connectivity index (χ4v) is 4.55. The van der Waals surface area contributed by atoms with Crippen molar-refractivity contribution < 1.29 is 17.9 Å². The van der Waals surface area contributed by atoms with Gasteiger partial charge in [0.15, 0.2) is 0 Å². The zero-order valence-corrected chi connectivity index (χ0v) is 15.5. The minimum absolute atomic E-state index is 0.151. The Kier molecular flexibility index (Phi) is 5.46. The summed E-state index contributed by atoms with van der Waals surface area (Å²) >= 11 is 0. The molecule has 26 heavy (non-hydrogen) atoms. The van der Waals surface area contributed by atoms with Crippen molar-refractivity contribution in [1.82, 2.24) is 0 Å². The van der Waals surface area contributed by atoms with E-state index in [1.807, 2.05) is 37.3 Å². The second-order valence-electron chi connectivity index (χ2n) is 6.20. The lowest BCUT2D eigenvalue weighted by molar-refractivity contribution is -0.116. The third-order valence-corrected chi connectivity index (χ3v) is 6.04. The van der Waals surface area contributed by atoms with Crippen LogP contribution in [0.1, 0.15) is 18.4 Å². The first-order valence-corrected chi connectivity index (χ1v) is 10.2. The van der Waals surface area contributed by atoms with Gasteiger partial charge in [-0.15, -0.1) is 0 Å². The Morgan fingerprint density at radius 3 is 2.62 bits per heavy atom. The minimum atomic E-state index is -3.21. The summed E-state index contributed by atoms with van der Waals surface area (Å²) in [4.78, 5) is 12.1. The number of para-hydroxylation sites is 1. The zero-order valence-electron chi connectivity index (χ0n) is 14.6. The highest BCUT2D eigenvalue weighted by atomic mass is 32.2. The molecule has 138 valence electrons. The van der Waals surface area contributed by atoms with Gasteiger partial charge in [-0.3, -0.25) is 9.10 Å². The minimum Gasteiger partial charge on any atom is -0.493 e. The summed E-state index contributed by atoms with van der Waals surface area (Å²) in [6.07, 6.45) is 0.873. The maximum absolute atomic E-state index is 12.1. The van der Waals surface area contributed by atoms with Gasteiger partial charge in [-0.2, -0.15) is 0 Å². The van der Waals surface area contributed by atoms with Gasteiger partial charge in [-0.05, 0) is 49.2 Å². The highest BCUT2D eigenvalue weighted by molar-refractivity contribution is 7.93. The van der Waals surface area contributed by atoms with Gasteiger partial charge in [0.25, 0.3) is 0 Å². The lowest BCUT2D eigenvalue weighted by Gasteiger charge is -2.20. The van der Waals surface area contributed by atoms with Crippen LogP contribution in [0.25, 0.3) is 0 Å². The van der Waals surface area contributed by atoms with E-state index in [1.54, 1.807) is 18.2 Å². The Labute approximate surface area is 153 Å². The van der Waals surface area contributed by atoms with Crippen LogP contribution in [0.5, 0.6) is 5.75 Å². The smallest absolute Gasteiger partial charge is 0.235 e. The van der Waals surface area contributed by atoms with E-state index in [2.05, 4.69) is 5.32 Å². The van der Waals surface area contributed by atoms with Crippen molar-refractivity contribution in [3.05, 3.63) is 54.1 Å². The molecule has 0 unspecified atom stereocenters. The van der Waals surface area contributed by atoms with Crippen molar-refractivity contribution in [2.45, 2.75) is 19.8 Å². The quantitative estimate of drug-likeness (QED) is 0.843. The molecule has 1 fully saturated rings. The number of carbonyl (C=O) groups excluding carboxylic acids is 1. The molecule has 2 aromatic rings. The largest absolute Gasteiger partial charge is 0.493 e. The number of amides is 1. The van der Waals surface area contributed by atoms with E-state index in [1.165, 1.54) is 4.31 Å². The van der Waals surface area contributed by atoms with E-state index in [4.69, 9.17) is 4.74 Å². The van der Waals surface area contributed by atoms with E-state index in [0.717, 1.165) is 11.3 Å². The number of carbonyl (C=O) groups is 1. The summed E-state index contributed by atoms with van der Waals surface area (Å²) in [6.45, 7) is 2.64. The molecule has 0 atom stereocenters. The first-order valence-electron chi connectivity index (χ1n) is 8.54. The highest BCUT2D eigenvalue weighted by Gasteiger charge is 2.29. The highest BCUT2D eigenvalue weighted by Crippen LogP contribution is 2.29. The van der Waals surface area contributed by atoms with Crippen LogP contribution in [0.15, 0.2) is 48.5 Å². The molecule has 0 bridgehead atoms. The van der Waals surface area contributed by atoms with Gasteiger partial charge < -0.3 is 10.1 Å². The molecule has 1 aliphatic heterocycles. The number of ether oxygens (including phenoxy) is 1. The summed E-state index contributed by atoms with van der Waals surface area (Å²) in [7, 11) is -3.21. The Bertz CT molecular complexity index is 882. The molecular weight excluding hydrogens is 352 g/mol. The van der Waals surface area contributed by atoms with Crippen molar-refractivity contribution in [2.24, 2.45) is 0 Å². The molecule has 0 aliphatic carbocycles. The van der Waals surface area contributed by atoms with Gasteiger partial charge in [0.2, 0.25) is 15.9 Å². The molecule has 7 heteroatoms. The van der Waals surface area contributed by atoms with Gasteiger partial charge in [-0.1, -0.05) is 18.2 Å². The lowest BCUT2D eigenvalue weighted by Crippen LogP contribution is -2.25. The molecule has 3 rings (SSSR count). The number of nitrogens with zero attached hydrogens (tertiary/aromatic N) is 1. The predicted octanol–water partition coefficient (Wildman–Crippen LogP) is 2.94. The number of rotatable bonds is 6. The molecule has 0 radical (unpaired) electrons. The number of sulfonamides is 1. The standard InChI is InChI=1S/C19H22N2O4S/c1-15-14-16(8-9-18(15)21-11-5-13-26(21,23)24)20-19(22)10-12-25-17-6-3-2-4-7-17/h2-4,6-9,14H,5,10-13H2,1H3,(H,20,22). The summed E-state index contributed by atoms with van der Waals surface area (Å²) in [6, 6.07) is 14.6. The summed E-state index contributed by atoms with van der Waals surface area (Å²) in [5.74, 6) is 0.765. The van der Waals surface area contributed by atoms with Gasteiger partial charge in [-0.25, -0.2) is 8.42 Å². The monoisotopic (exact) mass is 374 g/mol. The van der Waals surface area contributed by atoms with Crippen LogP contribution in [0, 0.1) is 6.92 Å². The van der Waals surface area contributed by atoms with Crippen LogP contribution in [0.2, 0.25) is 0 Å². The first kappa shape index (κ1) is 18.3. The van der Waals surface area contributed by atoms with Crippen LogP contribution < -0.4 is 14.4 Å². The van der Waals surface area contributed by atoms with Gasteiger partial charge in [0.1, 0.15) is 5.75 Å². The lowest BCUT2D eigenvalue weighted by atomic mass is 10.1. The Morgan fingerprint density at radius 2 is 1.96 bits per heavy atom. The molecule has 0 spiro atoms. The maximum Gasteiger partial charge on any atom is 0.235 e. The molecule has 1 saturated heterocycles. The molecule has 1 amide bonds. The van der Waals surface area contributed by atoms with Crippen LogP contribution in [-0.4, -0.2) is 33.2 Å². The molecular formula is C19H22N2O4S. The van der Waals surface area contributed by atoms with E-state index in [0.29, 0.717) is 30.9 Å². The number of hydrogen-bond acceptors (Lipinski definition) is 4. The fraction of sp³-hybridized carbons (Fsp3) is 0.316. The third kappa shape index (κ3) is 4.35. The Morgan fingerprint density at radius 1 is 1.19 bits per heavy atom. The second-order valence-corrected chi connectivity index (χ2v) is 8.22. The SMILES string of the molecule is Cc1cc(NC(=O)CCOc2ccccc2)ccc1N1CCCS1(=O)=O. The maximum atomic E-state index is 12.1. The van der Waals surface area contributed by atoms with Crippen LogP contribution in [0.4, 0.5) is 11.4 Å². The van der Waals surface area contributed by atoms with Crippen LogP contribution >= 0.6 is 0 Å². The molecule has 0 saturated carbocycles. The molecule has 1 N–H and O–H groups in total. The average molecular weight is 374 g/mol. The number of aryl methyl sites for hydroxylation is 1. The molecule has 1 aliphatic rings. The first-order chi connectivity index (χ1) is 12.5. The Balaban J connectivity index is 1.56. The zero-order chi connectivity index (χ0) is 18.6. The fourth-order valence-electron chi connectivity index (χ4n) is 2.92. The summed E-state index contributed by atoms with van der Waals surface area (Å²) in [5.41, 5.74) is 2.13. The van der Waals surface area contributed by atoms with E-state index in [-0.39, 0.29) is 18.1 Å². The van der Waals surface area contributed by atoms with Crippen molar-refractivity contribution in [3.8, 4) is 5.75 Å². The van der Waals surface area contributed by atoms with E-state index < -0.39 is 10.0 Å². The van der Waals surface area contributed by atoms with Crippen molar-refractivity contribution in [1.29, 1.82) is 0 Å². The number of benzene rings is 2. The van der Waals surface area contributed by atoms with Crippen molar-refractivity contribution in [2.75, 3.05) is 28.5 Å².